The Bertz CT molecular complexity index is 675. The summed E-state index contributed by atoms with van der Waals surface area (Å²) in [4.78, 5) is 10.2. The lowest BCUT2D eigenvalue weighted by Crippen LogP contribution is -2.25. The topological polar surface area (TPSA) is 81.8 Å². The van der Waals surface area contributed by atoms with E-state index in [1.165, 1.54) is 0 Å². The Kier molecular flexibility index (Phi) is 5.48. The van der Waals surface area contributed by atoms with Crippen LogP contribution in [-0.4, -0.2) is 29.3 Å². The van der Waals surface area contributed by atoms with Crippen molar-refractivity contribution in [3.8, 4) is 11.5 Å². The van der Waals surface area contributed by atoms with E-state index in [1.54, 1.807) is 12.1 Å². The average molecular weight is 321 g/mol. The van der Waals surface area contributed by atoms with E-state index in [0.717, 1.165) is 23.8 Å². The van der Waals surface area contributed by atoms with E-state index in [0.29, 0.717) is 5.75 Å². The third-order valence-corrected chi connectivity index (χ3v) is 3.01. The van der Waals surface area contributed by atoms with Crippen LogP contribution in [-0.2, 0) is 0 Å². The molecule has 2 rings (SSSR count). The minimum atomic E-state index is -1.01. The number of benzene rings is 2. The van der Waals surface area contributed by atoms with Crippen LogP contribution in [0, 0.1) is 22.9 Å². The second-order valence-corrected chi connectivity index (χ2v) is 4.96. The molecule has 0 aliphatic carbocycles. The van der Waals surface area contributed by atoms with E-state index < -0.39 is 16.8 Å². The lowest BCUT2D eigenvalue weighted by atomic mass is 10.2. The molecule has 23 heavy (non-hydrogen) atoms. The summed E-state index contributed by atoms with van der Waals surface area (Å²) >= 11 is 0. The van der Waals surface area contributed by atoms with Gasteiger partial charge in [0.05, 0.1) is 4.92 Å². The molecule has 0 radical (unpaired) electrons. The molecule has 2 aromatic carbocycles. The minimum Gasteiger partial charge on any atom is -0.491 e. The van der Waals surface area contributed by atoms with Gasteiger partial charge in [-0.05, 0) is 25.1 Å². The molecule has 0 saturated heterocycles. The van der Waals surface area contributed by atoms with E-state index in [4.69, 9.17) is 9.47 Å². The Labute approximate surface area is 132 Å². The summed E-state index contributed by atoms with van der Waals surface area (Å²) in [5.74, 6) is -0.299. The van der Waals surface area contributed by atoms with Gasteiger partial charge in [-0.3, -0.25) is 10.1 Å². The Morgan fingerprint density at radius 2 is 1.83 bits per heavy atom. The number of rotatable bonds is 7. The monoisotopic (exact) mass is 321 g/mol. The maximum atomic E-state index is 13.1. The summed E-state index contributed by atoms with van der Waals surface area (Å²) < 4.78 is 23.7. The molecule has 1 N–H and O–H groups in total. The first-order chi connectivity index (χ1) is 11.0. The number of hydrogen-bond donors (Lipinski definition) is 1. The van der Waals surface area contributed by atoms with Crippen molar-refractivity contribution in [2.45, 2.75) is 13.0 Å². The van der Waals surface area contributed by atoms with Gasteiger partial charge in [0.1, 0.15) is 30.9 Å². The summed E-state index contributed by atoms with van der Waals surface area (Å²) in [6, 6.07) is 10.2. The molecular formula is C16H16FNO5. The molecule has 0 amide bonds. The molecule has 0 saturated carbocycles. The number of halogens is 1. The summed E-state index contributed by atoms with van der Waals surface area (Å²) in [7, 11) is 0. The molecule has 0 aliphatic rings. The van der Waals surface area contributed by atoms with Crippen LogP contribution in [0.3, 0.4) is 0 Å². The highest BCUT2D eigenvalue weighted by Gasteiger charge is 2.17. The first-order valence-electron chi connectivity index (χ1n) is 6.90. The largest absolute Gasteiger partial charge is 0.491 e. The van der Waals surface area contributed by atoms with Gasteiger partial charge in [0, 0.05) is 12.1 Å². The van der Waals surface area contributed by atoms with Crippen LogP contribution in [0.2, 0.25) is 0 Å². The molecule has 7 heteroatoms. The van der Waals surface area contributed by atoms with E-state index in [9.17, 15) is 19.6 Å². The Balaban J connectivity index is 1.89. The first kappa shape index (κ1) is 16.7. The molecule has 0 spiro atoms. The van der Waals surface area contributed by atoms with Crippen molar-refractivity contribution in [3.63, 3.8) is 0 Å². The maximum Gasteiger partial charge on any atom is 0.311 e. The summed E-state index contributed by atoms with van der Waals surface area (Å²) in [5.41, 5.74) is 0.720. The van der Waals surface area contributed by atoms with Crippen molar-refractivity contribution in [3.05, 3.63) is 64.0 Å². The lowest BCUT2D eigenvalue weighted by molar-refractivity contribution is -0.386. The van der Waals surface area contributed by atoms with E-state index in [1.807, 2.05) is 19.1 Å². The lowest BCUT2D eigenvalue weighted by Gasteiger charge is -2.13. The van der Waals surface area contributed by atoms with Crippen LogP contribution in [0.1, 0.15) is 5.56 Å². The molecule has 1 unspecified atom stereocenters. The van der Waals surface area contributed by atoms with Gasteiger partial charge in [0.15, 0.2) is 5.75 Å². The highest BCUT2D eigenvalue weighted by Crippen LogP contribution is 2.27. The van der Waals surface area contributed by atoms with Crippen LogP contribution in [0.5, 0.6) is 11.5 Å². The quantitative estimate of drug-likeness (QED) is 0.626. The van der Waals surface area contributed by atoms with Gasteiger partial charge in [-0.2, -0.15) is 0 Å². The van der Waals surface area contributed by atoms with Gasteiger partial charge in [0.25, 0.3) is 0 Å². The van der Waals surface area contributed by atoms with Crippen molar-refractivity contribution in [2.75, 3.05) is 13.2 Å². The Hall–Kier alpha value is -2.67. The third-order valence-electron chi connectivity index (χ3n) is 3.01. The fourth-order valence-electron chi connectivity index (χ4n) is 1.82. The molecule has 0 aliphatic heterocycles. The zero-order valence-corrected chi connectivity index (χ0v) is 12.4. The van der Waals surface area contributed by atoms with Crippen molar-refractivity contribution in [2.24, 2.45) is 0 Å². The van der Waals surface area contributed by atoms with Gasteiger partial charge >= 0.3 is 5.69 Å². The Morgan fingerprint density at radius 3 is 2.48 bits per heavy atom. The molecular weight excluding hydrogens is 305 g/mol. The number of nitro groups is 1. The summed E-state index contributed by atoms with van der Waals surface area (Å²) in [5, 5.41) is 20.6. The average Bonchev–Trinajstić information content (AvgIpc) is 2.52. The van der Waals surface area contributed by atoms with Gasteiger partial charge in [-0.1, -0.05) is 17.7 Å². The van der Waals surface area contributed by atoms with Gasteiger partial charge < -0.3 is 14.6 Å². The van der Waals surface area contributed by atoms with Gasteiger partial charge in [0.2, 0.25) is 0 Å². The van der Waals surface area contributed by atoms with Crippen molar-refractivity contribution >= 4 is 5.69 Å². The fraction of sp³-hybridized carbons (Fsp3) is 0.250. The van der Waals surface area contributed by atoms with E-state index in [-0.39, 0.29) is 24.7 Å². The SMILES string of the molecule is Cc1ccc(OCC(O)COc2cc(F)ccc2[N+](=O)[O-])cc1. The van der Waals surface area contributed by atoms with Crippen LogP contribution in [0.25, 0.3) is 0 Å². The Morgan fingerprint density at radius 1 is 1.17 bits per heavy atom. The second-order valence-electron chi connectivity index (χ2n) is 4.96. The zero-order chi connectivity index (χ0) is 16.8. The standard InChI is InChI=1S/C16H16FNO5/c1-11-2-5-14(6-3-11)22-9-13(19)10-23-16-8-12(17)4-7-15(16)18(20)21/h2-8,13,19H,9-10H2,1H3. The van der Waals surface area contributed by atoms with Gasteiger partial charge in [-0.15, -0.1) is 0 Å². The molecule has 0 bridgehead atoms. The highest BCUT2D eigenvalue weighted by molar-refractivity contribution is 5.46. The zero-order valence-electron chi connectivity index (χ0n) is 12.4. The van der Waals surface area contributed by atoms with Crippen molar-refractivity contribution in [1.82, 2.24) is 0 Å². The number of hydrogen-bond acceptors (Lipinski definition) is 5. The van der Waals surface area contributed by atoms with Crippen molar-refractivity contribution in [1.29, 1.82) is 0 Å². The van der Waals surface area contributed by atoms with Crippen LogP contribution in [0.4, 0.5) is 10.1 Å². The molecule has 0 heterocycles. The maximum absolute atomic E-state index is 13.1. The first-order valence-corrected chi connectivity index (χ1v) is 6.90. The number of nitrogens with zero attached hydrogens (tertiary/aromatic N) is 1. The molecule has 2 aromatic rings. The fourth-order valence-corrected chi connectivity index (χ4v) is 1.82. The normalized spacial score (nSPS) is 11.8. The predicted molar refractivity (Wildman–Crippen MR) is 81.2 cm³/mol. The minimum absolute atomic E-state index is 0.0494. The molecule has 0 fully saturated rings. The van der Waals surface area contributed by atoms with E-state index >= 15 is 0 Å². The predicted octanol–water partition coefficient (Wildman–Crippen LogP) is 2.86. The van der Waals surface area contributed by atoms with Crippen LogP contribution in [0.15, 0.2) is 42.5 Å². The molecule has 122 valence electrons. The summed E-state index contributed by atoms with van der Waals surface area (Å²) in [6.45, 7) is 1.64. The van der Waals surface area contributed by atoms with Crippen LogP contribution < -0.4 is 9.47 Å². The smallest absolute Gasteiger partial charge is 0.311 e. The second kappa shape index (κ2) is 7.55. The number of aliphatic hydroxyl groups excluding tert-OH is 1. The molecule has 1 atom stereocenters. The summed E-state index contributed by atoms with van der Waals surface area (Å²) in [6.07, 6.45) is -1.01. The molecule has 6 nitrogen and oxygen atoms in total. The molecule has 0 aromatic heterocycles. The highest BCUT2D eigenvalue weighted by atomic mass is 19.1. The number of aryl methyl sites for hydroxylation is 1. The van der Waals surface area contributed by atoms with E-state index in [2.05, 4.69) is 0 Å². The number of aliphatic hydroxyl groups is 1. The van der Waals surface area contributed by atoms with Crippen LogP contribution >= 0.6 is 0 Å². The number of ether oxygens (including phenoxy) is 2. The number of nitro benzene ring substituents is 1. The third kappa shape index (κ3) is 4.93. The van der Waals surface area contributed by atoms with Gasteiger partial charge in [-0.25, -0.2) is 4.39 Å². The van der Waals surface area contributed by atoms with Crippen molar-refractivity contribution < 1.29 is 23.9 Å².